The van der Waals surface area contributed by atoms with Crippen LogP contribution in [0.3, 0.4) is 0 Å². The van der Waals surface area contributed by atoms with Crippen LogP contribution in [0.15, 0.2) is 133 Å². The third-order valence-electron chi connectivity index (χ3n) is 10.8. The maximum Gasteiger partial charge on any atom is 0.326 e. The molecule has 12 nitrogen and oxygen atoms in total. The molecule has 324 valence electrons. The number of hydrogen-bond acceptors (Lipinski definition) is 10. The van der Waals surface area contributed by atoms with Gasteiger partial charge in [-0.15, -0.1) is 0 Å². The van der Waals surface area contributed by atoms with Gasteiger partial charge < -0.3 is 19.3 Å². The second-order valence-corrected chi connectivity index (χ2v) is 17.8. The summed E-state index contributed by atoms with van der Waals surface area (Å²) in [4.78, 5) is 86.2. The summed E-state index contributed by atoms with van der Waals surface area (Å²) in [6, 6.07) is 39.3. The Morgan fingerprint density at radius 1 is 0.438 bits per heavy atom. The lowest BCUT2D eigenvalue weighted by Crippen LogP contribution is -2.35. The van der Waals surface area contributed by atoms with Gasteiger partial charge in [-0.3, -0.25) is 28.8 Å². The topological polar surface area (TPSA) is 134 Å². The van der Waals surface area contributed by atoms with Gasteiger partial charge in [0.1, 0.15) is 24.3 Å². The Hall–Kier alpha value is -7.60. The molecule has 64 heavy (non-hydrogen) atoms. The summed E-state index contributed by atoms with van der Waals surface area (Å²) in [5.41, 5.74) is 3.95. The van der Waals surface area contributed by atoms with E-state index in [9.17, 15) is 28.8 Å². The Morgan fingerprint density at radius 3 is 1.03 bits per heavy atom. The summed E-state index contributed by atoms with van der Waals surface area (Å²) in [6.45, 7) is 11.2. The van der Waals surface area contributed by atoms with Gasteiger partial charge in [0.15, 0.2) is 0 Å². The second kappa shape index (κ2) is 16.9. The highest BCUT2D eigenvalue weighted by molar-refractivity contribution is 6.35. The minimum absolute atomic E-state index is 0.0954. The van der Waals surface area contributed by atoms with Gasteiger partial charge in [-0.1, -0.05) is 72.8 Å². The van der Waals surface area contributed by atoms with Crippen LogP contribution in [-0.2, 0) is 32.2 Å². The van der Waals surface area contributed by atoms with Crippen molar-refractivity contribution in [1.82, 2.24) is 0 Å². The first-order valence-corrected chi connectivity index (χ1v) is 21.0. The van der Waals surface area contributed by atoms with E-state index in [1.807, 2.05) is 112 Å². The molecule has 4 amide bonds. The predicted octanol–water partition coefficient (Wildman–Crippen LogP) is 9.14. The van der Waals surface area contributed by atoms with E-state index < -0.39 is 23.1 Å². The number of carbonyl (C=O) groups is 6. The molecule has 0 fully saturated rings. The van der Waals surface area contributed by atoms with Crippen molar-refractivity contribution < 1.29 is 38.2 Å². The van der Waals surface area contributed by atoms with Crippen LogP contribution in [0.2, 0.25) is 0 Å². The number of benzene rings is 6. The fraction of sp³-hybridized carbons (Fsp3) is 0.231. The number of esters is 2. The summed E-state index contributed by atoms with van der Waals surface area (Å²) in [5.74, 6) is -2.40. The van der Waals surface area contributed by atoms with Crippen LogP contribution < -0.4 is 19.6 Å². The lowest BCUT2D eigenvalue weighted by atomic mass is 10.0. The smallest absolute Gasteiger partial charge is 0.326 e. The normalized spacial score (nSPS) is 13.6. The van der Waals surface area contributed by atoms with Gasteiger partial charge >= 0.3 is 11.9 Å². The lowest BCUT2D eigenvalue weighted by molar-refractivity contribution is -0.154. The number of rotatable bonds is 12. The number of ether oxygens (including phenoxy) is 2. The monoisotopic (exact) mass is 856 g/mol. The minimum Gasteiger partial charge on any atom is -0.459 e. The molecule has 0 N–H and O–H groups in total. The first-order chi connectivity index (χ1) is 30.5. The average Bonchev–Trinajstić information content (AvgIpc) is 3.65. The molecular formula is C52H48N4O8. The fourth-order valence-electron chi connectivity index (χ4n) is 8.12. The molecule has 0 aromatic heterocycles. The minimum atomic E-state index is -0.729. The fourth-order valence-corrected chi connectivity index (χ4v) is 8.12. The molecule has 0 spiro atoms. The summed E-state index contributed by atoms with van der Waals surface area (Å²) in [5, 5.41) is 1.61. The molecule has 0 unspecified atom stereocenters. The zero-order valence-corrected chi connectivity index (χ0v) is 36.6. The number of fused-ring (bicyclic) bond motifs is 3. The Labute approximate surface area is 371 Å². The Morgan fingerprint density at radius 2 is 0.734 bits per heavy atom. The average molecular weight is 857 g/mol. The van der Waals surface area contributed by atoms with Crippen molar-refractivity contribution in [2.45, 2.75) is 65.8 Å². The number of hydrogen-bond donors (Lipinski definition) is 0. The van der Waals surface area contributed by atoms with E-state index >= 15 is 0 Å². The predicted molar refractivity (Wildman–Crippen MR) is 246 cm³/mol. The van der Waals surface area contributed by atoms with Crippen LogP contribution in [0.25, 0.3) is 10.8 Å². The molecule has 8 rings (SSSR count). The largest absolute Gasteiger partial charge is 0.459 e. The van der Waals surface area contributed by atoms with Crippen LogP contribution >= 0.6 is 0 Å². The van der Waals surface area contributed by atoms with Gasteiger partial charge in [-0.2, -0.15) is 0 Å². The highest BCUT2D eigenvalue weighted by atomic mass is 16.6. The van der Waals surface area contributed by atoms with E-state index in [1.165, 1.54) is 9.80 Å². The highest BCUT2D eigenvalue weighted by Crippen LogP contribution is 2.37. The van der Waals surface area contributed by atoms with Crippen LogP contribution in [0.4, 0.5) is 22.7 Å². The number of carbonyl (C=O) groups excluding carboxylic acids is 6. The van der Waals surface area contributed by atoms with Crippen LogP contribution in [0.1, 0.15) is 94.1 Å². The number of anilines is 4. The van der Waals surface area contributed by atoms with Gasteiger partial charge in [-0.25, -0.2) is 9.80 Å². The lowest BCUT2D eigenvalue weighted by Gasteiger charge is -2.31. The molecule has 0 atom stereocenters. The van der Waals surface area contributed by atoms with E-state index in [1.54, 1.807) is 72.8 Å². The van der Waals surface area contributed by atoms with Crippen molar-refractivity contribution in [2.24, 2.45) is 0 Å². The SMILES string of the molecule is CC(C)(C)OC(=O)CN(Cc1ccc(N2C(=O)c3ccccc3C2=O)cc1)c1ccc(N(CC(=O)OC(C)(C)C)Cc2ccc(N3C(=O)c4ccccc4C3=O)cc2)c2ccccc12. The van der Waals surface area contributed by atoms with Crippen molar-refractivity contribution in [3.05, 3.63) is 167 Å². The zero-order valence-electron chi connectivity index (χ0n) is 36.6. The first kappa shape index (κ1) is 43.1. The third-order valence-corrected chi connectivity index (χ3v) is 10.8. The quantitative estimate of drug-likeness (QED) is 0.0867. The molecule has 0 bridgehead atoms. The van der Waals surface area contributed by atoms with Crippen molar-refractivity contribution in [3.8, 4) is 0 Å². The maximum absolute atomic E-state index is 13.5. The van der Waals surface area contributed by atoms with E-state index in [0.29, 0.717) is 33.6 Å². The van der Waals surface area contributed by atoms with Gasteiger partial charge in [0.2, 0.25) is 0 Å². The molecule has 6 aromatic carbocycles. The van der Waals surface area contributed by atoms with Gasteiger partial charge in [0.25, 0.3) is 23.6 Å². The van der Waals surface area contributed by atoms with Crippen molar-refractivity contribution in [1.29, 1.82) is 0 Å². The Kier molecular flexibility index (Phi) is 11.4. The van der Waals surface area contributed by atoms with Crippen molar-refractivity contribution in [3.63, 3.8) is 0 Å². The number of nitrogens with zero attached hydrogens (tertiary/aromatic N) is 4. The standard InChI is InChI=1S/C52H48N4O8/c1-51(2,3)63-45(57)31-53(29-33-19-23-35(24-20-33)55-47(59)39-15-9-10-16-40(39)48(55)60)43-27-28-44(38-14-8-7-13-37(38)43)54(32-46(58)64-52(4,5)6)30-34-21-25-36(26-22-34)56-49(61)41-17-11-12-18-42(41)50(56)62/h7-28H,29-32H2,1-6H3. The summed E-state index contributed by atoms with van der Waals surface area (Å²) < 4.78 is 11.6. The summed E-state index contributed by atoms with van der Waals surface area (Å²) in [6.07, 6.45) is 0. The summed E-state index contributed by atoms with van der Waals surface area (Å²) >= 11 is 0. The highest BCUT2D eigenvalue weighted by Gasteiger charge is 2.37. The Bertz CT molecular complexity index is 2580. The molecule has 12 heteroatoms. The van der Waals surface area contributed by atoms with Crippen molar-refractivity contribution in [2.75, 3.05) is 32.7 Å². The molecular weight excluding hydrogens is 809 g/mol. The molecule has 0 aliphatic carbocycles. The molecule has 6 aromatic rings. The second-order valence-electron chi connectivity index (χ2n) is 17.8. The molecule has 2 aliphatic rings. The van der Waals surface area contributed by atoms with Gasteiger partial charge in [0, 0.05) is 35.2 Å². The third kappa shape index (κ3) is 8.85. The van der Waals surface area contributed by atoms with Crippen LogP contribution in [0.5, 0.6) is 0 Å². The Balaban J connectivity index is 1.12. The first-order valence-electron chi connectivity index (χ1n) is 21.0. The van der Waals surface area contributed by atoms with Gasteiger partial charge in [0.05, 0.1) is 33.6 Å². The molecule has 0 saturated heterocycles. The maximum atomic E-state index is 13.5. The molecule has 2 aliphatic heterocycles. The zero-order chi connectivity index (χ0) is 45.5. The molecule has 2 heterocycles. The summed E-state index contributed by atoms with van der Waals surface area (Å²) in [7, 11) is 0. The van der Waals surface area contributed by atoms with E-state index in [2.05, 4.69) is 0 Å². The van der Waals surface area contributed by atoms with Crippen LogP contribution in [0, 0.1) is 0 Å². The van der Waals surface area contributed by atoms with Crippen LogP contribution in [-0.4, -0.2) is 59.9 Å². The number of amides is 4. The number of imide groups is 2. The van der Waals surface area contributed by atoms with E-state index in [0.717, 1.165) is 33.3 Å². The van der Waals surface area contributed by atoms with Gasteiger partial charge in [-0.05, 0) is 113 Å². The van der Waals surface area contributed by atoms with E-state index in [4.69, 9.17) is 9.47 Å². The molecule has 0 saturated carbocycles. The van der Waals surface area contributed by atoms with E-state index in [-0.39, 0.29) is 49.8 Å². The molecule has 0 radical (unpaired) electrons. The van der Waals surface area contributed by atoms with Crippen molar-refractivity contribution >= 4 is 69.1 Å².